The summed E-state index contributed by atoms with van der Waals surface area (Å²) in [6.07, 6.45) is 3.09. The monoisotopic (exact) mass is 244 g/mol. The average molecular weight is 244 g/mol. The molecule has 0 spiro atoms. The van der Waals surface area contributed by atoms with Crippen LogP contribution >= 0.6 is 0 Å². The Labute approximate surface area is 103 Å². The first-order chi connectivity index (χ1) is 8.33. The standard InChI is InChI=1S/C12H24N2O3/c1-2-5-13-6-7-14-12(15)10-17-11-3-8-16-9-4-11/h11,13H,2-10H2,1H3,(H,14,15). The highest BCUT2D eigenvalue weighted by molar-refractivity contribution is 5.77. The second kappa shape index (κ2) is 9.39. The molecule has 0 bridgehead atoms. The van der Waals surface area contributed by atoms with Crippen LogP contribution in [0.25, 0.3) is 0 Å². The molecule has 0 radical (unpaired) electrons. The van der Waals surface area contributed by atoms with Crippen LogP contribution in [-0.4, -0.2) is 51.5 Å². The first kappa shape index (κ1) is 14.4. The van der Waals surface area contributed by atoms with Crippen molar-refractivity contribution >= 4 is 5.91 Å². The molecule has 5 nitrogen and oxygen atoms in total. The van der Waals surface area contributed by atoms with Crippen molar-refractivity contribution in [2.45, 2.75) is 32.3 Å². The van der Waals surface area contributed by atoms with Gasteiger partial charge in [0, 0.05) is 26.3 Å². The average Bonchev–Trinajstić information content (AvgIpc) is 2.37. The fourth-order valence-corrected chi connectivity index (χ4v) is 1.68. The van der Waals surface area contributed by atoms with Crippen molar-refractivity contribution in [2.24, 2.45) is 0 Å². The Balaban J connectivity index is 1.93. The third kappa shape index (κ3) is 7.31. The summed E-state index contributed by atoms with van der Waals surface area (Å²) in [5, 5.41) is 6.05. The fraction of sp³-hybridized carbons (Fsp3) is 0.917. The Morgan fingerprint density at radius 1 is 1.29 bits per heavy atom. The largest absolute Gasteiger partial charge is 0.381 e. The molecular weight excluding hydrogens is 220 g/mol. The van der Waals surface area contributed by atoms with Crippen molar-refractivity contribution in [1.29, 1.82) is 0 Å². The fourth-order valence-electron chi connectivity index (χ4n) is 1.68. The van der Waals surface area contributed by atoms with E-state index in [9.17, 15) is 4.79 Å². The van der Waals surface area contributed by atoms with Gasteiger partial charge in [0.2, 0.25) is 5.91 Å². The summed E-state index contributed by atoms with van der Waals surface area (Å²) in [6.45, 7) is 6.24. The van der Waals surface area contributed by atoms with E-state index in [1.807, 2.05) is 0 Å². The van der Waals surface area contributed by atoms with Crippen molar-refractivity contribution < 1.29 is 14.3 Å². The van der Waals surface area contributed by atoms with Gasteiger partial charge in [0.15, 0.2) is 0 Å². The summed E-state index contributed by atoms with van der Waals surface area (Å²) in [5.41, 5.74) is 0. The third-order valence-electron chi connectivity index (χ3n) is 2.67. The Kier molecular flexibility index (Phi) is 7.96. The highest BCUT2D eigenvalue weighted by atomic mass is 16.5. The van der Waals surface area contributed by atoms with Gasteiger partial charge in [-0.25, -0.2) is 0 Å². The number of ether oxygens (including phenoxy) is 2. The molecule has 0 unspecified atom stereocenters. The normalized spacial score (nSPS) is 17.0. The van der Waals surface area contributed by atoms with E-state index in [0.717, 1.165) is 45.6 Å². The molecule has 1 heterocycles. The van der Waals surface area contributed by atoms with Crippen molar-refractivity contribution in [3.63, 3.8) is 0 Å². The minimum Gasteiger partial charge on any atom is -0.381 e. The van der Waals surface area contributed by atoms with Crippen LogP contribution in [0, 0.1) is 0 Å². The molecule has 1 rings (SSSR count). The Morgan fingerprint density at radius 3 is 2.76 bits per heavy atom. The molecule has 1 aliphatic heterocycles. The lowest BCUT2D eigenvalue weighted by molar-refractivity contribution is -0.129. The zero-order valence-electron chi connectivity index (χ0n) is 10.7. The van der Waals surface area contributed by atoms with Crippen LogP contribution in [0.15, 0.2) is 0 Å². The van der Waals surface area contributed by atoms with Gasteiger partial charge in [0.25, 0.3) is 0 Å². The van der Waals surface area contributed by atoms with E-state index in [1.165, 1.54) is 0 Å². The summed E-state index contributed by atoms with van der Waals surface area (Å²) >= 11 is 0. The van der Waals surface area contributed by atoms with Crippen molar-refractivity contribution in [3.05, 3.63) is 0 Å². The van der Waals surface area contributed by atoms with E-state index in [4.69, 9.17) is 9.47 Å². The van der Waals surface area contributed by atoms with Crippen LogP contribution in [0.1, 0.15) is 26.2 Å². The highest BCUT2D eigenvalue weighted by Crippen LogP contribution is 2.09. The molecule has 1 fully saturated rings. The van der Waals surface area contributed by atoms with Gasteiger partial charge in [-0.15, -0.1) is 0 Å². The van der Waals surface area contributed by atoms with Gasteiger partial charge in [-0.2, -0.15) is 0 Å². The van der Waals surface area contributed by atoms with Gasteiger partial charge < -0.3 is 20.1 Å². The second-order valence-electron chi connectivity index (χ2n) is 4.22. The first-order valence-electron chi connectivity index (χ1n) is 6.49. The van der Waals surface area contributed by atoms with E-state index in [-0.39, 0.29) is 18.6 Å². The van der Waals surface area contributed by atoms with Crippen LogP contribution in [-0.2, 0) is 14.3 Å². The minimum atomic E-state index is -0.0326. The first-order valence-corrected chi connectivity index (χ1v) is 6.49. The molecule has 1 amide bonds. The molecule has 17 heavy (non-hydrogen) atoms. The zero-order valence-corrected chi connectivity index (χ0v) is 10.7. The quantitative estimate of drug-likeness (QED) is 0.603. The molecule has 0 aromatic rings. The third-order valence-corrected chi connectivity index (χ3v) is 2.67. The number of carbonyl (C=O) groups is 1. The number of amides is 1. The predicted octanol–water partition coefficient (Wildman–Crippen LogP) is 0.298. The molecular formula is C12H24N2O3. The van der Waals surface area contributed by atoms with Gasteiger partial charge in [0.05, 0.1) is 6.10 Å². The number of hydrogen-bond donors (Lipinski definition) is 2. The van der Waals surface area contributed by atoms with Crippen molar-refractivity contribution in [2.75, 3.05) is 39.5 Å². The molecule has 1 saturated heterocycles. The summed E-state index contributed by atoms with van der Waals surface area (Å²) in [4.78, 5) is 11.4. The zero-order chi connectivity index (χ0) is 12.3. The molecule has 0 aliphatic carbocycles. The van der Waals surface area contributed by atoms with Gasteiger partial charge in [-0.05, 0) is 25.8 Å². The van der Waals surface area contributed by atoms with E-state index in [1.54, 1.807) is 0 Å². The highest BCUT2D eigenvalue weighted by Gasteiger charge is 2.15. The van der Waals surface area contributed by atoms with E-state index >= 15 is 0 Å². The maximum Gasteiger partial charge on any atom is 0.246 e. The van der Waals surface area contributed by atoms with Crippen molar-refractivity contribution in [3.8, 4) is 0 Å². The van der Waals surface area contributed by atoms with Crippen LogP contribution < -0.4 is 10.6 Å². The van der Waals surface area contributed by atoms with Crippen LogP contribution in [0.4, 0.5) is 0 Å². The van der Waals surface area contributed by atoms with E-state index in [0.29, 0.717) is 6.54 Å². The van der Waals surface area contributed by atoms with Gasteiger partial charge in [-0.1, -0.05) is 6.92 Å². The van der Waals surface area contributed by atoms with Crippen molar-refractivity contribution in [1.82, 2.24) is 10.6 Å². The maximum absolute atomic E-state index is 11.4. The van der Waals surface area contributed by atoms with E-state index < -0.39 is 0 Å². The van der Waals surface area contributed by atoms with Gasteiger partial charge >= 0.3 is 0 Å². The van der Waals surface area contributed by atoms with Crippen LogP contribution in [0.2, 0.25) is 0 Å². The number of nitrogens with one attached hydrogen (secondary N) is 2. The Bertz CT molecular complexity index is 206. The lowest BCUT2D eigenvalue weighted by atomic mass is 10.2. The Hall–Kier alpha value is -0.650. The summed E-state index contributed by atoms with van der Waals surface area (Å²) in [7, 11) is 0. The molecule has 100 valence electrons. The van der Waals surface area contributed by atoms with Gasteiger partial charge in [-0.3, -0.25) is 4.79 Å². The lowest BCUT2D eigenvalue weighted by Gasteiger charge is -2.22. The van der Waals surface area contributed by atoms with Crippen LogP contribution in [0.3, 0.4) is 0 Å². The summed E-state index contributed by atoms with van der Waals surface area (Å²) < 4.78 is 10.7. The molecule has 2 N–H and O–H groups in total. The molecule has 0 aromatic heterocycles. The summed E-state index contributed by atoms with van der Waals surface area (Å²) in [5.74, 6) is -0.0326. The Morgan fingerprint density at radius 2 is 2.06 bits per heavy atom. The smallest absolute Gasteiger partial charge is 0.246 e. The predicted molar refractivity (Wildman–Crippen MR) is 66.0 cm³/mol. The molecule has 1 aliphatic rings. The van der Waals surface area contributed by atoms with Crippen LogP contribution in [0.5, 0.6) is 0 Å². The number of rotatable bonds is 8. The van der Waals surface area contributed by atoms with E-state index in [2.05, 4.69) is 17.6 Å². The number of hydrogen-bond acceptors (Lipinski definition) is 4. The number of carbonyl (C=O) groups excluding carboxylic acids is 1. The lowest BCUT2D eigenvalue weighted by Crippen LogP contribution is -2.36. The molecule has 5 heteroatoms. The SMILES string of the molecule is CCCNCCNC(=O)COC1CCOCC1. The minimum absolute atomic E-state index is 0.0326. The second-order valence-corrected chi connectivity index (χ2v) is 4.22. The molecule has 0 atom stereocenters. The van der Waals surface area contributed by atoms with Gasteiger partial charge in [0.1, 0.15) is 6.61 Å². The topological polar surface area (TPSA) is 59.6 Å². The molecule has 0 saturated carbocycles. The molecule has 0 aromatic carbocycles. The maximum atomic E-state index is 11.4. The summed E-state index contributed by atoms with van der Waals surface area (Å²) in [6, 6.07) is 0.